The number of hydrogen-bond donors (Lipinski definition) is 1. The minimum atomic E-state index is 0.0329. The zero-order valence-electron chi connectivity index (χ0n) is 9.72. The lowest BCUT2D eigenvalue weighted by atomic mass is 9.75. The minimum Gasteiger partial charge on any atom is -0.354 e. The Bertz CT molecular complexity index is 242. The Hall–Kier alpha value is -0.120. The van der Waals surface area contributed by atoms with E-state index in [-0.39, 0.29) is 11.3 Å². The Morgan fingerprint density at radius 3 is 2.40 bits per heavy atom. The third kappa shape index (κ3) is 1.71. The van der Waals surface area contributed by atoms with E-state index in [1.807, 2.05) is 0 Å². The fourth-order valence-corrected chi connectivity index (χ4v) is 3.20. The summed E-state index contributed by atoms with van der Waals surface area (Å²) in [6.45, 7) is 3.50. The predicted molar refractivity (Wildman–Crippen MR) is 59.7 cm³/mol. The van der Waals surface area contributed by atoms with Crippen molar-refractivity contribution in [3.63, 3.8) is 0 Å². The molecule has 2 aliphatic heterocycles. The monoisotopic (exact) mass is 210 g/mol. The first-order valence-corrected chi connectivity index (χ1v) is 6.36. The number of nitrogens with zero attached hydrogens (tertiary/aromatic N) is 1. The molecular formula is C12H22N2O. The largest absolute Gasteiger partial charge is 0.354 e. The first-order chi connectivity index (χ1) is 7.22. The van der Waals surface area contributed by atoms with Crippen molar-refractivity contribution < 1.29 is 4.74 Å². The smallest absolute Gasteiger partial charge is 0.122 e. The molecule has 1 saturated carbocycles. The molecule has 0 unspecified atom stereocenters. The molecule has 1 N–H and O–H groups in total. The highest BCUT2D eigenvalue weighted by molar-refractivity contribution is 4.99. The summed E-state index contributed by atoms with van der Waals surface area (Å²) in [5, 5.41) is 3.63. The maximum absolute atomic E-state index is 6.45. The van der Waals surface area contributed by atoms with Crippen LogP contribution in [0.2, 0.25) is 0 Å². The highest BCUT2D eigenvalue weighted by Gasteiger charge is 2.49. The molecule has 15 heavy (non-hydrogen) atoms. The molecule has 86 valence electrons. The van der Waals surface area contributed by atoms with Crippen molar-refractivity contribution in [1.29, 1.82) is 0 Å². The standard InChI is InChI=1S/C12H22N2O/c1-14-9-6-12(7-10-14)13-8-5-11(15-12)3-2-4-11/h13H,2-10H2,1H3. The van der Waals surface area contributed by atoms with Gasteiger partial charge in [0.1, 0.15) is 5.72 Å². The van der Waals surface area contributed by atoms with Crippen LogP contribution >= 0.6 is 0 Å². The van der Waals surface area contributed by atoms with E-state index >= 15 is 0 Å². The van der Waals surface area contributed by atoms with Gasteiger partial charge in [0.15, 0.2) is 0 Å². The molecule has 2 saturated heterocycles. The van der Waals surface area contributed by atoms with Crippen LogP contribution < -0.4 is 5.32 Å². The van der Waals surface area contributed by atoms with Crippen LogP contribution in [0.1, 0.15) is 38.5 Å². The summed E-state index contributed by atoms with van der Waals surface area (Å²) in [6, 6.07) is 0. The summed E-state index contributed by atoms with van der Waals surface area (Å²) >= 11 is 0. The van der Waals surface area contributed by atoms with Crippen LogP contribution in [0.4, 0.5) is 0 Å². The van der Waals surface area contributed by atoms with E-state index in [1.165, 1.54) is 38.8 Å². The quantitative estimate of drug-likeness (QED) is 0.653. The van der Waals surface area contributed by atoms with E-state index in [0.717, 1.165) is 19.4 Å². The van der Waals surface area contributed by atoms with Crippen LogP contribution in [0.3, 0.4) is 0 Å². The predicted octanol–water partition coefficient (Wildman–Crippen LogP) is 1.34. The average molecular weight is 210 g/mol. The third-order valence-electron chi connectivity index (χ3n) is 4.50. The van der Waals surface area contributed by atoms with Crippen molar-refractivity contribution in [1.82, 2.24) is 10.2 Å². The van der Waals surface area contributed by atoms with Gasteiger partial charge in [0, 0.05) is 32.5 Å². The second-order valence-electron chi connectivity index (χ2n) is 5.61. The molecule has 0 aromatic heterocycles. The molecule has 3 aliphatic rings. The first-order valence-electron chi connectivity index (χ1n) is 6.36. The van der Waals surface area contributed by atoms with Gasteiger partial charge in [-0.15, -0.1) is 0 Å². The van der Waals surface area contributed by atoms with Gasteiger partial charge in [-0.2, -0.15) is 0 Å². The molecule has 0 radical (unpaired) electrons. The van der Waals surface area contributed by atoms with E-state index in [4.69, 9.17) is 4.74 Å². The molecule has 0 amide bonds. The van der Waals surface area contributed by atoms with E-state index in [9.17, 15) is 0 Å². The van der Waals surface area contributed by atoms with Crippen molar-refractivity contribution in [2.45, 2.75) is 49.9 Å². The average Bonchev–Trinajstić information content (AvgIpc) is 2.21. The van der Waals surface area contributed by atoms with Crippen LogP contribution in [0.5, 0.6) is 0 Å². The lowest BCUT2D eigenvalue weighted by Crippen LogP contribution is -2.64. The molecule has 0 aromatic rings. The van der Waals surface area contributed by atoms with E-state index in [1.54, 1.807) is 0 Å². The van der Waals surface area contributed by atoms with E-state index in [0.29, 0.717) is 0 Å². The molecule has 3 rings (SSSR count). The molecule has 0 bridgehead atoms. The van der Waals surface area contributed by atoms with Gasteiger partial charge in [-0.25, -0.2) is 0 Å². The summed E-state index contributed by atoms with van der Waals surface area (Å²) in [5.74, 6) is 0. The summed E-state index contributed by atoms with van der Waals surface area (Å²) in [5.41, 5.74) is 0.312. The summed E-state index contributed by atoms with van der Waals surface area (Å²) in [7, 11) is 2.20. The lowest BCUT2D eigenvalue weighted by molar-refractivity contribution is -0.243. The molecule has 0 aromatic carbocycles. The molecule has 1 aliphatic carbocycles. The summed E-state index contributed by atoms with van der Waals surface area (Å²) < 4.78 is 6.45. The number of hydrogen-bond acceptors (Lipinski definition) is 3. The highest BCUT2D eigenvalue weighted by Crippen LogP contribution is 2.45. The van der Waals surface area contributed by atoms with E-state index < -0.39 is 0 Å². The van der Waals surface area contributed by atoms with Crippen LogP contribution in [0.25, 0.3) is 0 Å². The first kappa shape index (κ1) is 10.1. The fourth-order valence-electron chi connectivity index (χ4n) is 3.20. The topological polar surface area (TPSA) is 24.5 Å². The van der Waals surface area contributed by atoms with Crippen molar-refractivity contribution in [3.05, 3.63) is 0 Å². The minimum absolute atomic E-state index is 0.0329. The van der Waals surface area contributed by atoms with Gasteiger partial charge in [0.05, 0.1) is 5.60 Å². The van der Waals surface area contributed by atoms with Gasteiger partial charge in [-0.1, -0.05) is 0 Å². The summed E-state index contributed by atoms with van der Waals surface area (Å²) in [6.07, 6.45) is 7.51. The molecule has 2 spiro atoms. The van der Waals surface area contributed by atoms with Crippen LogP contribution in [-0.4, -0.2) is 42.9 Å². The second-order valence-corrected chi connectivity index (χ2v) is 5.61. The number of nitrogens with one attached hydrogen (secondary N) is 1. The van der Waals surface area contributed by atoms with Crippen LogP contribution in [-0.2, 0) is 4.74 Å². The van der Waals surface area contributed by atoms with Crippen molar-refractivity contribution in [3.8, 4) is 0 Å². The molecular weight excluding hydrogens is 188 g/mol. The molecule has 0 atom stereocenters. The van der Waals surface area contributed by atoms with Crippen molar-refractivity contribution in [2.75, 3.05) is 26.7 Å². The van der Waals surface area contributed by atoms with Gasteiger partial charge in [0.2, 0.25) is 0 Å². The Kier molecular flexibility index (Phi) is 2.31. The maximum Gasteiger partial charge on any atom is 0.122 e. The Morgan fingerprint density at radius 2 is 1.80 bits per heavy atom. The van der Waals surface area contributed by atoms with E-state index in [2.05, 4.69) is 17.3 Å². The SMILES string of the molecule is CN1CCC2(CC1)NCCC1(CCC1)O2. The van der Waals surface area contributed by atoms with Gasteiger partial charge in [-0.3, -0.25) is 5.32 Å². The van der Waals surface area contributed by atoms with Crippen LogP contribution in [0.15, 0.2) is 0 Å². The normalized spacial score (nSPS) is 34.2. The molecule has 3 nitrogen and oxygen atoms in total. The Morgan fingerprint density at radius 1 is 1.07 bits per heavy atom. The van der Waals surface area contributed by atoms with Crippen molar-refractivity contribution >= 4 is 0 Å². The highest BCUT2D eigenvalue weighted by atomic mass is 16.5. The van der Waals surface area contributed by atoms with Gasteiger partial charge >= 0.3 is 0 Å². The molecule has 3 fully saturated rings. The van der Waals surface area contributed by atoms with Crippen LogP contribution in [0, 0.1) is 0 Å². The number of ether oxygens (including phenoxy) is 1. The third-order valence-corrected chi connectivity index (χ3v) is 4.50. The fraction of sp³-hybridized carbons (Fsp3) is 1.00. The van der Waals surface area contributed by atoms with Gasteiger partial charge in [0.25, 0.3) is 0 Å². The van der Waals surface area contributed by atoms with Crippen molar-refractivity contribution in [2.24, 2.45) is 0 Å². The Labute approximate surface area is 92.2 Å². The number of piperidine rings is 1. The zero-order chi connectivity index (χ0) is 10.4. The Balaban J connectivity index is 1.69. The summed E-state index contributed by atoms with van der Waals surface area (Å²) in [4.78, 5) is 2.40. The van der Waals surface area contributed by atoms with Gasteiger partial charge in [-0.05, 0) is 32.7 Å². The lowest BCUT2D eigenvalue weighted by Gasteiger charge is -2.55. The zero-order valence-corrected chi connectivity index (χ0v) is 9.72. The molecule has 3 heteroatoms. The molecule has 2 heterocycles. The maximum atomic E-state index is 6.45. The second kappa shape index (κ2) is 3.44. The van der Waals surface area contributed by atoms with Gasteiger partial charge < -0.3 is 9.64 Å². The number of likely N-dealkylation sites (tertiary alicyclic amines) is 1. The number of rotatable bonds is 0.